The van der Waals surface area contributed by atoms with E-state index in [1.54, 1.807) is 29.9 Å². The number of fused-ring (bicyclic) bond motifs is 1. The lowest BCUT2D eigenvalue weighted by molar-refractivity contribution is 0.257. The molecule has 0 atom stereocenters. The van der Waals surface area contributed by atoms with Crippen molar-refractivity contribution in [1.29, 1.82) is 0 Å². The Hall–Kier alpha value is -1.39. The van der Waals surface area contributed by atoms with Crippen LogP contribution in [-0.4, -0.2) is 34.1 Å². The number of rotatable bonds is 3. The van der Waals surface area contributed by atoms with Gasteiger partial charge in [0.1, 0.15) is 0 Å². The molecule has 21 heavy (non-hydrogen) atoms. The molecule has 111 valence electrons. The van der Waals surface area contributed by atoms with Gasteiger partial charge in [-0.3, -0.25) is 9.78 Å². The summed E-state index contributed by atoms with van der Waals surface area (Å²) >= 11 is 6.34. The third kappa shape index (κ3) is 2.97. The molecule has 2 aromatic rings. The van der Waals surface area contributed by atoms with Crippen molar-refractivity contribution in [1.82, 2.24) is 14.5 Å². The second-order valence-electron chi connectivity index (χ2n) is 5.51. The molecule has 0 saturated carbocycles. The maximum Gasteiger partial charge on any atom is 0.250 e. The van der Waals surface area contributed by atoms with Crippen LogP contribution in [0.3, 0.4) is 0 Å². The summed E-state index contributed by atoms with van der Waals surface area (Å²) in [5.74, 6) is 0. The Balaban J connectivity index is 1.94. The Morgan fingerprint density at radius 3 is 2.81 bits per heavy atom. The van der Waals surface area contributed by atoms with Crippen molar-refractivity contribution in [2.45, 2.75) is 19.3 Å². The van der Waals surface area contributed by atoms with Gasteiger partial charge in [0.05, 0.1) is 16.1 Å². The number of aryl methyl sites for hydroxylation is 1. The summed E-state index contributed by atoms with van der Waals surface area (Å²) < 4.78 is 1.65. The summed E-state index contributed by atoms with van der Waals surface area (Å²) in [5.41, 5.74) is 2.68. The zero-order chi connectivity index (χ0) is 14.8. The van der Waals surface area contributed by atoms with Crippen LogP contribution in [0.25, 0.3) is 11.0 Å². The van der Waals surface area contributed by atoms with Gasteiger partial charge in [-0.2, -0.15) is 0 Å². The molecule has 1 fully saturated rings. The molecule has 0 aromatic carbocycles. The molecule has 3 rings (SSSR count). The van der Waals surface area contributed by atoms with Crippen LogP contribution in [0, 0.1) is 6.42 Å². The predicted octanol–water partition coefficient (Wildman–Crippen LogP) is 2.43. The first kappa shape index (κ1) is 14.5. The minimum Gasteiger partial charge on any atom is -0.310 e. The molecular formula is C16H19ClN3O. The normalized spacial score (nSPS) is 16.5. The monoisotopic (exact) mass is 304 g/mol. The predicted molar refractivity (Wildman–Crippen MR) is 85.7 cm³/mol. The van der Waals surface area contributed by atoms with Crippen LogP contribution in [0.4, 0.5) is 0 Å². The quantitative estimate of drug-likeness (QED) is 0.874. The molecule has 0 spiro atoms. The number of nitrogens with zero attached hydrogens (tertiary/aromatic N) is 3. The molecule has 2 aromatic heterocycles. The summed E-state index contributed by atoms with van der Waals surface area (Å²) in [4.78, 5) is 18.7. The highest BCUT2D eigenvalue weighted by Crippen LogP contribution is 2.24. The van der Waals surface area contributed by atoms with E-state index in [-0.39, 0.29) is 5.56 Å². The van der Waals surface area contributed by atoms with Crippen LogP contribution >= 0.6 is 11.6 Å². The van der Waals surface area contributed by atoms with E-state index in [9.17, 15) is 4.79 Å². The lowest BCUT2D eigenvalue weighted by Crippen LogP contribution is -2.32. The molecule has 1 saturated heterocycles. The van der Waals surface area contributed by atoms with Gasteiger partial charge >= 0.3 is 0 Å². The van der Waals surface area contributed by atoms with E-state index >= 15 is 0 Å². The van der Waals surface area contributed by atoms with Gasteiger partial charge in [-0.15, -0.1) is 0 Å². The van der Waals surface area contributed by atoms with Gasteiger partial charge in [0.2, 0.25) is 0 Å². The molecule has 0 unspecified atom stereocenters. The van der Waals surface area contributed by atoms with E-state index in [1.165, 1.54) is 0 Å². The zero-order valence-corrected chi connectivity index (χ0v) is 12.9. The summed E-state index contributed by atoms with van der Waals surface area (Å²) in [6.45, 7) is 3.19. The van der Waals surface area contributed by atoms with Crippen LogP contribution in [0.15, 0.2) is 23.1 Å². The fourth-order valence-electron chi connectivity index (χ4n) is 2.94. The van der Waals surface area contributed by atoms with E-state index in [0.717, 1.165) is 55.5 Å². The molecule has 3 heterocycles. The molecule has 1 aliphatic rings. The lowest BCUT2D eigenvalue weighted by Gasteiger charge is -2.26. The molecule has 4 nitrogen and oxygen atoms in total. The summed E-state index contributed by atoms with van der Waals surface area (Å²) in [5, 5.41) is 0.646. The minimum atomic E-state index is -0.0274. The minimum absolute atomic E-state index is 0.0274. The molecule has 1 radical (unpaired) electrons. The van der Waals surface area contributed by atoms with Crippen molar-refractivity contribution in [3.8, 4) is 0 Å². The van der Waals surface area contributed by atoms with Crippen LogP contribution in [-0.2, 0) is 13.5 Å². The highest BCUT2D eigenvalue weighted by atomic mass is 35.5. The number of likely N-dealkylation sites (tertiary alicyclic amines) is 1. The number of aromatic nitrogens is 2. The molecule has 0 amide bonds. The largest absolute Gasteiger partial charge is 0.310 e. The van der Waals surface area contributed by atoms with Gasteiger partial charge in [-0.1, -0.05) is 11.6 Å². The Morgan fingerprint density at radius 1 is 1.29 bits per heavy atom. The number of piperidine rings is 1. The van der Waals surface area contributed by atoms with E-state index in [0.29, 0.717) is 5.02 Å². The topological polar surface area (TPSA) is 38.1 Å². The SMILES string of the molecule is Cn1c(=O)ccc2ncc(Cl)c(CCN3CC[CH]CC3)c21. The number of halogens is 1. The van der Waals surface area contributed by atoms with Gasteiger partial charge in [0.15, 0.2) is 0 Å². The van der Waals surface area contributed by atoms with Crippen molar-refractivity contribution in [2.75, 3.05) is 19.6 Å². The van der Waals surface area contributed by atoms with Crippen LogP contribution < -0.4 is 5.56 Å². The van der Waals surface area contributed by atoms with E-state index in [1.807, 2.05) is 0 Å². The van der Waals surface area contributed by atoms with Crippen molar-refractivity contribution in [3.63, 3.8) is 0 Å². The molecular weight excluding hydrogens is 286 g/mol. The zero-order valence-electron chi connectivity index (χ0n) is 12.2. The van der Waals surface area contributed by atoms with Crippen molar-refractivity contribution in [3.05, 3.63) is 45.7 Å². The summed E-state index contributed by atoms with van der Waals surface area (Å²) in [6.07, 6.45) is 7.18. The standard InChI is InChI=1S/C16H19ClN3O/c1-19-15(21)6-5-14-16(19)12(13(17)11-18-14)7-10-20-8-3-2-4-9-20/h2,5-6,11H,3-4,7-10H2,1H3. The van der Waals surface area contributed by atoms with Gasteiger partial charge in [0.25, 0.3) is 5.56 Å². The molecule has 1 aliphatic heterocycles. The second-order valence-corrected chi connectivity index (χ2v) is 5.91. The first-order valence-corrected chi connectivity index (χ1v) is 7.72. The summed E-state index contributed by atoms with van der Waals surface area (Å²) in [6, 6.07) is 3.32. The van der Waals surface area contributed by atoms with Gasteiger partial charge < -0.3 is 9.47 Å². The van der Waals surface area contributed by atoms with E-state index < -0.39 is 0 Å². The van der Waals surface area contributed by atoms with Crippen LogP contribution in [0.1, 0.15) is 18.4 Å². The fourth-order valence-corrected chi connectivity index (χ4v) is 3.17. The molecule has 0 N–H and O–H groups in total. The average Bonchev–Trinajstić information content (AvgIpc) is 2.51. The Labute approximate surface area is 129 Å². The van der Waals surface area contributed by atoms with Crippen LogP contribution in [0.5, 0.6) is 0 Å². The highest BCUT2D eigenvalue weighted by Gasteiger charge is 2.14. The molecule has 5 heteroatoms. The van der Waals surface area contributed by atoms with Crippen molar-refractivity contribution in [2.24, 2.45) is 7.05 Å². The second kappa shape index (κ2) is 6.16. The van der Waals surface area contributed by atoms with Gasteiger partial charge in [0, 0.05) is 25.9 Å². The van der Waals surface area contributed by atoms with E-state index in [2.05, 4.69) is 16.3 Å². The third-order valence-corrected chi connectivity index (χ3v) is 4.49. The summed E-state index contributed by atoms with van der Waals surface area (Å²) in [7, 11) is 1.78. The average molecular weight is 305 g/mol. The van der Waals surface area contributed by atoms with Gasteiger partial charge in [-0.05, 0) is 50.4 Å². The maximum absolute atomic E-state index is 11.9. The van der Waals surface area contributed by atoms with Gasteiger partial charge in [-0.25, -0.2) is 0 Å². The number of hydrogen-bond acceptors (Lipinski definition) is 3. The Morgan fingerprint density at radius 2 is 2.05 bits per heavy atom. The first-order valence-electron chi connectivity index (χ1n) is 7.34. The third-order valence-electron chi connectivity index (χ3n) is 4.16. The molecule has 0 bridgehead atoms. The highest BCUT2D eigenvalue weighted by molar-refractivity contribution is 6.32. The number of hydrogen-bond donors (Lipinski definition) is 0. The fraction of sp³-hybridized carbons (Fsp3) is 0.438. The smallest absolute Gasteiger partial charge is 0.250 e. The maximum atomic E-state index is 11.9. The lowest BCUT2D eigenvalue weighted by atomic mass is 10.1. The van der Waals surface area contributed by atoms with Crippen molar-refractivity contribution < 1.29 is 0 Å². The van der Waals surface area contributed by atoms with Crippen molar-refractivity contribution >= 4 is 22.6 Å². The van der Waals surface area contributed by atoms with Crippen LogP contribution in [0.2, 0.25) is 5.02 Å². The molecule has 0 aliphatic carbocycles. The Bertz CT molecular complexity index is 704. The Kier molecular flexibility index (Phi) is 4.27. The first-order chi connectivity index (χ1) is 10.2. The number of pyridine rings is 2. The van der Waals surface area contributed by atoms with E-state index in [4.69, 9.17) is 11.6 Å².